The van der Waals surface area contributed by atoms with Crippen molar-refractivity contribution in [2.45, 2.75) is 0 Å². The predicted molar refractivity (Wildman–Crippen MR) is 86.2 cm³/mol. The zero-order valence-electron chi connectivity index (χ0n) is 12.6. The molecule has 0 saturated carbocycles. The van der Waals surface area contributed by atoms with Gasteiger partial charge >= 0.3 is 0 Å². The van der Waals surface area contributed by atoms with Gasteiger partial charge in [-0.05, 0) is 18.2 Å². The lowest BCUT2D eigenvalue weighted by molar-refractivity contribution is 0.0303. The van der Waals surface area contributed by atoms with E-state index in [-0.39, 0.29) is 5.91 Å². The van der Waals surface area contributed by atoms with Gasteiger partial charge in [-0.3, -0.25) is 4.79 Å². The van der Waals surface area contributed by atoms with Crippen molar-refractivity contribution in [2.24, 2.45) is 0 Å². The van der Waals surface area contributed by atoms with Crippen LogP contribution in [0, 0.1) is 0 Å². The Balaban J connectivity index is 1.73. The summed E-state index contributed by atoms with van der Waals surface area (Å²) in [5.74, 6) is 0.715. The Hall–Kier alpha value is -2.66. The third kappa shape index (κ3) is 2.59. The molecule has 1 aromatic heterocycles. The van der Waals surface area contributed by atoms with E-state index >= 15 is 0 Å². The van der Waals surface area contributed by atoms with Gasteiger partial charge in [0.1, 0.15) is 5.52 Å². The van der Waals surface area contributed by atoms with Gasteiger partial charge in [0.15, 0.2) is 5.76 Å². The molecule has 0 spiro atoms. The van der Waals surface area contributed by atoms with Crippen molar-refractivity contribution in [3.63, 3.8) is 0 Å². The molecule has 4 rings (SSSR count). The minimum absolute atomic E-state index is 0.0235. The number of benzene rings is 2. The molecule has 0 unspecified atom stereocenters. The summed E-state index contributed by atoms with van der Waals surface area (Å²) in [7, 11) is 0. The molecule has 0 aliphatic carbocycles. The maximum Gasteiger partial charge on any atom is 0.254 e. The van der Waals surface area contributed by atoms with Crippen molar-refractivity contribution < 1.29 is 14.1 Å². The quantitative estimate of drug-likeness (QED) is 0.730. The first-order valence-corrected chi connectivity index (χ1v) is 7.65. The molecular weight excluding hydrogens is 292 g/mol. The summed E-state index contributed by atoms with van der Waals surface area (Å²) in [4.78, 5) is 14.5. The van der Waals surface area contributed by atoms with Crippen molar-refractivity contribution in [3.8, 4) is 11.3 Å². The van der Waals surface area contributed by atoms with E-state index < -0.39 is 0 Å². The molecule has 5 nitrogen and oxygen atoms in total. The first kappa shape index (κ1) is 14.0. The minimum Gasteiger partial charge on any atom is -0.378 e. The number of ether oxygens (including phenoxy) is 1. The van der Waals surface area contributed by atoms with Crippen molar-refractivity contribution in [1.29, 1.82) is 0 Å². The van der Waals surface area contributed by atoms with Gasteiger partial charge in [0.05, 0.1) is 18.6 Å². The molecule has 1 fully saturated rings. The van der Waals surface area contributed by atoms with Crippen LogP contribution in [0.3, 0.4) is 0 Å². The molecule has 0 bridgehead atoms. The number of amides is 1. The number of hydrogen-bond acceptors (Lipinski definition) is 4. The number of carbonyl (C=O) groups excluding carboxylic acids is 1. The number of carbonyl (C=O) groups is 1. The molecular formula is C18H16N2O3. The summed E-state index contributed by atoms with van der Waals surface area (Å²) < 4.78 is 10.8. The molecule has 5 heteroatoms. The fourth-order valence-corrected chi connectivity index (χ4v) is 2.82. The predicted octanol–water partition coefficient (Wildman–Crippen LogP) is 2.97. The van der Waals surface area contributed by atoms with Crippen LogP contribution in [0.25, 0.3) is 22.2 Å². The summed E-state index contributed by atoms with van der Waals surface area (Å²) in [5.41, 5.74) is 2.35. The maximum atomic E-state index is 12.6. The van der Waals surface area contributed by atoms with E-state index in [1.165, 1.54) is 0 Å². The zero-order chi connectivity index (χ0) is 15.6. The molecule has 0 radical (unpaired) electrons. The van der Waals surface area contributed by atoms with Gasteiger partial charge in [0.25, 0.3) is 5.91 Å². The molecule has 1 aliphatic heterocycles. The minimum atomic E-state index is 0.0235. The smallest absolute Gasteiger partial charge is 0.254 e. The van der Waals surface area contributed by atoms with Crippen molar-refractivity contribution >= 4 is 16.8 Å². The monoisotopic (exact) mass is 308 g/mol. The Morgan fingerprint density at radius 3 is 2.61 bits per heavy atom. The van der Waals surface area contributed by atoms with Gasteiger partial charge in [0.2, 0.25) is 0 Å². The fraction of sp³-hybridized carbons (Fsp3) is 0.222. The highest BCUT2D eigenvalue weighted by atomic mass is 16.5. The lowest BCUT2D eigenvalue weighted by Gasteiger charge is -2.26. The van der Waals surface area contributed by atoms with Gasteiger partial charge in [-0.15, -0.1) is 0 Å². The van der Waals surface area contributed by atoms with Crippen LogP contribution < -0.4 is 0 Å². The topological polar surface area (TPSA) is 55.6 Å². The summed E-state index contributed by atoms with van der Waals surface area (Å²) in [6.45, 7) is 2.45. The second-order valence-electron chi connectivity index (χ2n) is 5.51. The molecule has 23 heavy (non-hydrogen) atoms. The summed E-state index contributed by atoms with van der Waals surface area (Å²) in [6.07, 6.45) is 0. The van der Waals surface area contributed by atoms with E-state index in [0.717, 1.165) is 16.5 Å². The van der Waals surface area contributed by atoms with E-state index in [0.29, 0.717) is 37.6 Å². The molecule has 1 aliphatic rings. The Kier molecular flexibility index (Phi) is 3.55. The zero-order valence-corrected chi connectivity index (χ0v) is 12.6. The number of aromatic nitrogens is 1. The second-order valence-corrected chi connectivity index (χ2v) is 5.51. The number of morpholine rings is 1. The van der Waals surface area contributed by atoms with Crippen LogP contribution in [0.5, 0.6) is 0 Å². The summed E-state index contributed by atoms with van der Waals surface area (Å²) in [5, 5.41) is 4.94. The van der Waals surface area contributed by atoms with Crippen LogP contribution in [-0.4, -0.2) is 42.3 Å². The number of nitrogens with zero attached hydrogens (tertiary/aromatic N) is 2. The average molecular weight is 308 g/mol. The molecule has 2 heterocycles. The van der Waals surface area contributed by atoms with Gasteiger partial charge in [-0.1, -0.05) is 35.5 Å². The first-order valence-electron chi connectivity index (χ1n) is 7.65. The molecule has 116 valence electrons. The largest absolute Gasteiger partial charge is 0.378 e. The highest BCUT2D eigenvalue weighted by Gasteiger charge is 2.20. The molecule has 3 aromatic rings. The van der Waals surface area contributed by atoms with Crippen LogP contribution in [0.2, 0.25) is 0 Å². The van der Waals surface area contributed by atoms with Crippen LogP contribution >= 0.6 is 0 Å². The molecule has 1 saturated heterocycles. The van der Waals surface area contributed by atoms with E-state index in [1.54, 1.807) is 6.07 Å². The lowest BCUT2D eigenvalue weighted by atomic mass is 10.1. The van der Waals surface area contributed by atoms with Gasteiger partial charge in [-0.25, -0.2) is 0 Å². The van der Waals surface area contributed by atoms with E-state index in [9.17, 15) is 4.79 Å². The lowest BCUT2D eigenvalue weighted by Crippen LogP contribution is -2.40. The van der Waals surface area contributed by atoms with Crippen LogP contribution in [0.1, 0.15) is 10.4 Å². The van der Waals surface area contributed by atoms with Crippen LogP contribution in [-0.2, 0) is 4.74 Å². The standard InChI is InChI=1S/C18H16N2O3/c21-18(20-8-10-22-11-9-20)14-6-7-16-15(12-14)17(23-19-16)13-4-2-1-3-5-13/h1-7,12H,8-11H2. The van der Waals surface area contributed by atoms with E-state index in [4.69, 9.17) is 9.26 Å². The molecule has 2 aromatic carbocycles. The second kappa shape index (κ2) is 5.85. The molecule has 0 atom stereocenters. The first-order chi connectivity index (χ1) is 11.3. The van der Waals surface area contributed by atoms with Crippen molar-refractivity contribution in [3.05, 3.63) is 54.1 Å². The Labute approximate surface area is 133 Å². The maximum absolute atomic E-state index is 12.6. The molecule has 0 N–H and O–H groups in total. The average Bonchev–Trinajstić information content (AvgIpc) is 3.05. The number of rotatable bonds is 2. The number of fused-ring (bicyclic) bond motifs is 1. The normalized spacial score (nSPS) is 15.0. The van der Waals surface area contributed by atoms with Gasteiger partial charge in [0, 0.05) is 24.2 Å². The number of hydrogen-bond donors (Lipinski definition) is 0. The summed E-state index contributed by atoms with van der Waals surface area (Å²) >= 11 is 0. The van der Waals surface area contributed by atoms with Gasteiger partial charge in [-0.2, -0.15) is 0 Å². The SMILES string of the molecule is O=C(c1ccc2noc(-c3ccccc3)c2c1)N1CCOCC1. The van der Waals surface area contributed by atoms with Crippen LogP contribution in [0.4, 0.5) is 0 Å². The third-order valence-corrected chi connectivity index (χ3v) is 4.06. The molecule has 1 amide bonds. The third-order valence-electron chi connectivity index (χ3n) is 4.06. The highest BCUT2D eigenvalue weighted by Crippen LogP contribution is 2.29. The Morgan fingerprint density at radius 1 is 1.04 bits per heavy atom. The van der Waals surface area contributed by atoms with E-state index in [1.807, 2.05) is 47.4 Å². The van der Waals surface area contributed by atoms with Gasteiger partial charge < -0.3 is 14.2 Å². The fourth-order valence-electron chi connectivity index (χ4n) is 2.82. The van der Waals surface area contributed by atoms with Crippen molar-refractivity contribution in [1.82, 2.24) is 10.1 Å². The van der Waals surface area contributed by atoms with Crippen molar-refractivity contribution in [2.75, 3.05) is 26.3 Å². The Bertz CT molecular complexity index is 836. The van der Waals surface area contributed by atoms with E-state index in [2.05, 4.69) is 5.16 Å². The Morgan fingerprint density at radius 2 is 1.83 bits per heavy atom. The van der Waals surface area contributed by atoms with Crippen LogP contribution in [0.15, 0.2) is 53.1 Å². The summed E-state index contributed by atoms with van der Waals surface area (Å²) in [6, 6.07) is 15.3. The highest BCUT2D eigenvalue weighted by molar-refractivity contribution is 6.01.